The van der Waals surface area contributed by atoms with Gasteiger partial charge in [-0.1, -0.05) is 6.07 Å². The van der Waals surface area contributed by atoms with Crippen molar-refractivity contribution in [1.29, 1.82) is 0 Å². The highest BCUT2D eigenvalue weighted by molar-refractivity contribution is 9.11. The topological polar surface area (TPSA) is 12.0 Å². The van der Waals surface area contributed by atoms with E-state index in [1.54, 1.807) is 0 Å². The highest BCUT2D eigenvalue weighted by Gasteiger charge is 2.32. The van der Waals surface area contributed by atoms with Crippen molar-refractivity contribution in [2.45, 2.75) is 25.3 Å². The molecule has 2 aromatic rings. The largest absolute Gasteiger partial charge is 0.309 e. The molecule has 1 aliphatic rings. The van der Waals surface area contributed by atoms with Crippen molar-refractivity contribution in [3.63, 3.8) is 0 Å². The second-order valence-corrected chi connectivity index (χ2v) is 8.27. The van der Waals surface area contributed by atoms with Gasteiger partial charge < -0.3 is 5.32 Å². The molecule has 0 radical (unpaired) electrons. The maximum Gasteiger partial charge on any atom is 0.0701 e. The second-order valence-electron chi connectivity index (χ2n) is 4.74. The van der Waals surface area contributed by atoms with Crippen molar-refractivity contribution in [3.05, 3.63) is 43.2 Å². The molecule has 2 aromatic heterocycles. The van der Waals surface area contributed by atoms with E-state index in [9.17, 15) is 0 Å². The van der Waals surface area contributed by atoms with Crippen molar-refractivity contribution >= 4 is 38.6 Å². The summed E-state index contributed by atoms with van der Waals surface area (Å²) in [7, 11) is 0. The van der Waals surface area contributed by atoms with Crippen molar-refractivity contribution in [1.82, 2.24) is 5.32 Å². The summed E-state index contributed by atoms with van der Waals surface area (Å²) < 4.78 is 1.23. The van der Waals surface area contributed by atoms with Crippen LogP contribution in [0.5, 0.6) is 0 Å². The average Bonchev–Trinajstić information content (AvgIpc) is 2.88. The van der Waals surface area contributed by atoms with Gasteiger partial charge in [-0.2, -0.15) is 0 Å². The standard InChI is InChI=1S/C14H16BrNS2/c15-13-6-5-11(18-13)7-8-16-14(10-3-4-10)12-2-1-9-17-12/h1-2,5-6,9-10,14,16H,3-4,7-8H2. The fraction of sp³-hybridized carbons (Fsp3) is 0.429. The second kappa shape index (κ2) is 5.87. The third-order valence-corrected chi connectivity index (χ3v) is 5.95. The molecule has 0 aromatic carbocycles. The minimum absolute atomic E-state index is 0.591. The van der Waals surface area contributed by atoms with Gasteiger partial charge >= 0.3 is 0 Å². The summed E-state index contributed by atoms with van der Waals surface area (Å²) in [5.41, 5.74) is 0. The van der Waals surface area contributed by atoms with Crippen LogP contribution >= 0.6 is 38.6 Å². The summed E-state index contributed by atoms with van der Waals surface area (Å²) in [4.78, 5) is 2.96. The number of hydrogen-bond donors (Lipinski definition) is 1. The Balaban J connectivity index is 1.54. The van der Waals surface area contributed by atoms with Crippen LogP contribution in [0.15, 0.2) is 33.4 Å². The lowest BCUT2D eigenvalue weighted by Crippen LogP contribution is -2.24. The Bertz CT molecular complexity index is 488. The molecule has 18 heavy (non-hydrogen) atoms. The molecule has 4 heteroatoms. The van der Waals surface area contributed by atoms with E-state index < -0.39 is 0 Å². The molecule has 1 saturated carbocycles. The van der Waals surface area contributed by atoms with Gasteiger partial charge in [0.1, 0.15) is 0 Å². The van der Waals surface area contributed by atoms with E-state index >= 15 is 0 Å². The van der Waals surface area contributed by atoms with Crippen molar-refractivity contribution in [2.24, 2.45) is 5.92 Å². The summed E-state index contributed by atoms with van der Waals surface area (Å²) in [6, 6.07) is 9.37. The van der Waals surface area contributed by atoms with E-state index in [0.29, 0.717) is 6.04 Å². The van der Waals surface area contributed by atoms with E-state index in [2.05, 4.69) is 50.9 Å². The molecule has 1 atom stereocenters. The van der Waals surface area contributed by atoms with Gasteiger partial charge in [0.2, 0.25) is 0 Å². The Labute approximate surface area is 124 Å². The van der Waals surface area contributed by atoms with Crippen LogP contribution in [0.2, 0.25) is 0 Å². The zero-order valence-electron chi connectivity index (χ0n) is 10.1. The Morgan fingerprint density at radius 2 is 2.22 bits per heavy atom. The molecule has 1 unspecified atom stereocenters. The molecule has 0 aliphatic heterocycles. The summed E-state index contributed by atoms with van der Waals surface area (Å²) in [5, 5.41) is 5.93. The zero-order valence-corrected chi connectivity index (χ0v) is 13.3. The van der Waals surface area contributed by atoms with E-state index in [-0.39, 0.29) is 0 Å². The van der Waals surface area contributed by atoms with Crippen LogP contribution in [0.1, 0.15) is 28.6 Å². The molecule has 1 fully saturated rings. The van der Waals surface area contributed by atoms with Crippen LogP contribution in [-0.2, 0) is 6.42 Å². The van der Waals surface area contributed by atoms with E-state index in [4.69, 9.17) is 0 Å². The fourth-order valence-electron chi connectivity index (χ4n) is 2.23. The Morgan fingerprint density at radius 1 is 1.33 bits per heavy atom. The molecular formula is C14H16BrNS2. The molecule has 0 amide bonds. The first kappa shape index (κ1) is 12.9. The molecule has 0 spiro atoms. The van der Waals surface area contributed by atoms with Gasteiger partial charge in [-0.25, -0.2) is 0 Å². The lowest BCUT2D eigenvalue weighted by molar-refractivity contribution is 0.492. The van der Waals surface area contributed by atoms with Gasteiger partial charge in [0.05, 0.1) is 3.79 Å². The van der Waals surface area contributed by atoms with E-state index in [1.807, 2.05) is 22.7 Å². The van der Waals surface area contributed by atoms with Crippen molar-refractivity contribution in [2.75, 3.05) is 6.54 Å². The Morgan fingerprint density at radius 3 is 2.83 bits per heavy atom. The summed E-state index contributed by atoms with van der Waals surface area (Å²) in [5.74, 6) is 0.874. The summed E-state index contributed by atoms with van der Waals surface area (Å²) in [6.45, 7) is 1.08. The van der Waals surface area contributed by atoms with Gasteiger partial charge in [0.15, 0.2) is 0 Å². The van der Waals surface area contributed by atoms with Crippen LogP contribution in [0.3, 0.4) is 0 Å². The Hall–Kier alpha value is -0.160. The van der Waals surface area contributed by atoms with Crippen molar-refractivity contribution < 1.29 is 0 Å². The SMILES string of the molecule is Brc1ccc(CCNC(c2cccs2)C2CC2)s1. The molecule has 0 saturated heterocycles. The summed E-state index contributed by atoms with van der Waals surface area (Å²) in [6.07, 6.45) is 3.91. The number of rotatable bonds is 6. The minimum Gasteiger partial charge on any atom is -0.309 e. The van der Waals surface area contributed by atoms with Crippen LogP contribution in [0, 0.1) is 5.92 Å². The number of hydrogen-bond acceptors (Lipinski definition) is 3. The molecule has 2 heterocycles. The molecule has 1 N–H and O–H groups in total. The maximum absolute atomic E-state index is 3.74. The van der Waals surface area contributed by atoms with E-state index in [1.165, 1.54) is 26.4 Å². The maximum atomic E-state index is 3.74. The molecule has 1 aliphatic carbocycles. The molecule has 96 valence electrons. The smallest absolute Gasteiger partial charge is 0.0701 e. The predicted octanol–water partition coefficient (Wildman–Crippen LogP) is 4.86. The normalized spacial score (nSPS) is 16.9. The monoisotopic (exact) mass is 341 g/mol. The predicted molar refractivity (Wildman–Crippen MR) is 83.5 cm³/mol. The average molecular weight is 342 g/mol. The minimum atomic E-state index is 0.591. The van der Waals surface area contributed by atoms with Crippen LogP contribution in [0.25, 0.3) is 0 Å². The van der Waals surface area contributed by atoms with Gasteiger partial charge in [0, 0.05) is 22.3 Å². The van der Waals surface area contributed by atoms with Crippen LogP contribution < -0.4 is 5.32 Å². The number of halogens is 1. The quantitative estimate of drug-likeness (QED) is 0.791. The first-order chi connectivity index (χ1) is 8.83. The molecule has 0 bridgehead atoms. The lowest BCUT2D eigenvalue weighted by Gasteiger charge is -2.16. The van der Waals surface area contributed by atoms with Gasteiger partial charge in [-0.3, -0.25) is 0 Å². The summed E-state index contributed by atoms with van der Waals surface area (Å²) >= 11 is 7.24. The zero-order chi connectivity index (χ0) is 12.4. The third kappa shape index (κ3) is 3.23. The van der Waals surface area contributed by atoms with Crippen LogP contribution in [-0.4, -0.2) is 6.54 Å². The van der Waals surface area contributed by atoms with Gasteiger partial charge in [0.25, 0.3) is 0 Å². The van der Waals surface area contributed by atoms with Crippen molar-refractivity contribution in [3.8, 4) is 0 Å². The lowest BCUT2D eigenvalue weighted by atomic mass is 10.1. The first-order valence-corrected chi connectivity index (χ1v) is 8.83. The molecule has 1 nitrogen and oxygen atoms in total. The van der Waals surface area contributed by atoms with Gasteiger partial charge in [-0.05, 0) is 64.7 Å². The molecular weight excluding hydrogens is 326 g/mol. The number of nitrogens with one attached hydrogen (secondary N) is 1. The van der Waals surface area contributed by atoms with Crippen LogP contribution in [0.4, 0.5) is 0 Å². The first-order valence-electron chi connectivity index (χ1n) is 6.34. The molecule has 3 rings (SSSR count). The van der Waals surface area contributed by atoms with E-state index in [0.717, 1.165) is 18.9 Å². The highest BCUT2D eigenvalue weighted by atomic mass is 79.9. The highest BCUT2D eigenvalue weighted by Crippen LogP contribution is 2.42. The fourth-order valence-corrected chi connectivity index (χ4v) is 4.61. The van der Waals surface area contributed by atoms with Gasteiger partial charge in [-0.15, -0.1) is 22.7 Å². The third-order valence-electron chi connectivity index (χ3n) is 3.31. The number of thiophene rings is 2. The Kier molecular flexibility index (Phi) is 4.19.